The third-order valence-corrected chi connectivity index (χ3v) is 8.48. The van der Waals surface area contributed by atoms with E-state index in [1.54, 1.807) is 12.4 Å². The number of carbonyl (C=O) groups excluding carboxylic acids is 2. The number of primary amides is 1. The summed E-state index contributed by atoms with van der Waals surface area (Å²) in [5.74, 6) is 1.42. The average Bonchev–Trinajstić information content (AvgIpc) is 3.05. The Morgan fingerprint density at radius 1 is 1.31 bits per heavy atom. The largest absolute Gasteiger partial charge is 0.369 e. The molecule has 2 amide bonds. The van der Waals surface area contributed by atoms with Crippen molar-refractivity contribution in [3.8, 4) is 6.19 Å². The summed E-state index contributed by atoms with van der Waals surface area (Å²) in [6, 6.07) is 3.86. The summed E-state index contributed by atoms with van der Waals surface area (Å²) in [5, 5.41) is 12.2. The fourth-order valence-electron chi connectivity index (χ4n) is 7.02. The summed E-state index contributed by atoms with van der Waals surface area (Å²) in [6.07, 6.45) is 10.7. The number of hydrogen-bond donors (Lipinski definition) is 2. The molecular formula is C24H30N6O2. The highest BCUT2D eigenvalue weighted by Crippen LogP contribution is 2.60. The molecule has 1 aliphatic heterocycles. The van der Waals surface area contributed by atoms with E-state index in [-0.39, 0.29) is 35.1 Å². The molecule has 3 atom stereocenters. The Balaban J connectivity index is 1.40. The fourth-order valence-corrected chi connectivity index (χ4v) is 7.02. The minimum Gasteiger partial charge on any atom is -0.369 e. The van der Waals surface area contributed by atoms with E-state index in [4.69, 9.17) is 10.7 Å². The highest BCUT2D eigenvalue weighted by atomic mass is 16.2. The summed E-state index contributed by atoms with van der Waals surface area (Å²) in [7, 11) is 0. The van der Waals surface area contributed by atoms with Gasteiger partial charge in [-0.25, -0.2) is 0 Å². The van der Waals surface area contributed by atoms with Gasteiger partial charge < -0.3 is 10.6 Å². The molecule has 4 bridgehead atoms. The van der Waals surface area contributed by atoms with Crippen LogP contribution in [0.1, 0.15) is 51.0 Å². The number of nitrogens with two attached hydrogens (primary N) is 1. The van der Waals surface area contributed by atoms with Crippen molar-refractivity contribution in [3.63, 3.8) is 0 Å². The quantitative estimate of drug-likeness (QED) is 0.317. The molecule has 6 rings (SSSR count). The van der Waals surface area contributed by atoms with Crippen molar-refractivity contribution in [1.82, 2.24) is 15.2 Å². The van der Waals surface area contributed by atoms with E-state index >= 15 is 0 Å². The number of amides is 2. The predicted molar refractivity (Wildman–Crippen MR) is 118 cm³/mol. The van der Waals surface area contributed by atoms with Crippen LogP contribution in [0.5, 0.6) is 0 Å². The lowest BCUT2D eigenvalue weighted by Crippen LogP contribution is -2.58. The van der Waals surface area contributed by atoms with E-state index < -0.39 is 5.41 Å². The lowest BCUT2D eigenvalue weighted by molar-refractivity contribution is -0.144. The molecule has 168 valence electrons. The van der Waals surface area contributed by atoms with Gasteiger partial charge in [-0.05, 0) is 80.9 Å². The van der Waals surface area contributed by atoms with E-state index in [2.05, 4.69) is 10.3 Å². The smallest absolute Gasteiger partial charge is 0.236 e. The van der Waals surface area contributed by atoms with Crippen LogP contribution in [0.3, 0.4) is 0 Å². The fraction of sp³-hybridized carbons (Fsp3) is 0.625. The molecular weight excluding hydrogens is 404 g/mol. The molecule has 4 aliphatic carbocycles. The second-order valence-electron chi connectivity index (χ2n) is 10.5. The van der Waals surface area contributed by atoms with E-state index in [0.29, 0.717) is 31.3 Å². The van der Waals surface area contributed by atoms with Crippen molar-refractivity contribution < 1.29 is 9.59 Å². The minimum atomic E-state index is -0.848. The third kappa shape index (κ3) is 3.26. The normalized spacial score (nSPS) is 38.1. The van der Waals surface area contributed by atoms with Gasteiger partial charge in [0.1, 0.15) is 11.3 Å². The average molecular weight is 435 g/mol. The van der Waals surface area contributed by atoms with Gasteiger partial charge in [0.15, 0.2) is 6.19 Å². The zero-order chi connectivity index (χ0) is 22.5. The number of nitriles is 1. The molecule has 32 heavy (non-hydrogen) atoms. The van der Waals surface area contributed by atoms with Crippen molar-refractivity contribution in [2.24, 2.45) is 39.3 Å². The first-order valence-corrected chi connectivity index (χ1v) is 11.6. The first-order valence-electron chi connectivity index (χ1n) is 11.6. The van der Waals surface area contributed by atoms with Crippen molar-refractivity contribution >= 4 is 17.6 Å². The molecule has 4 saturated carbocycles. The molecule has 1 aromatic rings. The number of likely N-dealkylation sites (tertiary alicyclic amines) is 1. The number of nitrogens with zero attached hydrogens (tertiary/aromatic N) is 4. The molecule has 5 aliphatic rings. The van der Waals surface area contributed by atoms with Crippen molar-refractivity contribution in [2.75, 3.05) is 6.54 Å². The number of carbonyl (C=O) groups is 2. The second kappa shape index (κ2) is 7.58. The van der Waals surface area contributed by atoms with Crippen LogP contribution < -0.4 is 11.1 Å². The topological polar surface area (TPSA) is 124 Å². The SMILES string of the molecule is CC1(C(=NC2C3CC4CC2CC(C(N)=O)(C4)C3)NC#N)CCN(Cc2ccncc2)C1=O. The Labute approximate surface area is 188 Å². The zero-order valence-corrected chi connectivity index (χ0v) is 18.5. The van der Waals surface area contributed by atoms with Crippen LogP contribution in [0.2, 0.25) is 0 Å². The summed E-state index contributed by atoms with van der Waals surface area (Å²) in [6.45, 7) is 3.04. The number of amidine groups is 1. The van der Waals surface area contributed by atoms with Gasteiger partial charge in [0.25, 0.3) is 0 Å². The minimum absolute atomic E-state index is 0.00626. The first-order chi connectivity index (χ1) is 15.3. The Kier molecular flexibility index (Phi) is 4.95. The first kappa shape index (κ1) is 20.9. The number of aromatic nitrogens is 1. The van der Waals surface area contributed by atoms with Gasteiger partial charge in [0.05, 0.1) is 6.04 Å². The number of rotatable bonds is 5. The van der Waals surface area contributed by atoms with Crippen LogP contribution >= 0.6 is 0 Å². The van der Waals surface area contributed by atoms with E-state index in [0.717, 1.165) is 37.7 Å². The predicted octanol–water partition coefficient (Wildman–Crippen LogP) is 1.97. The molecule has 0 aromatic carbocycles. The summed E-state index contributed by atoms with van der Waals surface area (Å²) < 4.78 is 0. The standard InChI is InChI=1S/C24H30N6O2/c1-23(4-7-30(22(23)32)13-15-2-5-27-6-3-15)21(28-14-25)29-19-17-8-16-9-18(19)12-24(10-16,11-17)20(26)31/h2-3,5-6,16-19H,4,7-13H2,1H3,(H2,26,31)(H,28,29). The lowest BCUT2D eigenvalue weighted by atomic mass is 9.47. The number of aliphatic imine (C=N–C) groups is 1. The molecule has 5 fully saturated rings. The summed E-state index contributed by atoms with van der Waals surface area (Å²) >= 11 is 0. The van der Waals surface area contributed by atoms with Crippen LogP contribution in [0.15, 0.2) is 29.5 Å². The molecule has 3 N–H and O–H groups in total. The summed E-state index contributed by atoms with van der Waals surface area (Å²) in [4.78, 5) is 36.7. The van der Waals surface area contributed by atoms with Gasteiger partial charge in [-0.3, -0.25) is 24.9 Å². The Morgan fingerprint density at radius 3 is 2.62 bits per heavy atom. The molecule has 8 nitrogen and oxygen atoms in total. The van der Waals surface area contributed by atoms with Crippen LogP contribution in [-0.2, 0) is 16.1 Å². The van der Waals surface area contributed by atoms with Crippen LogP contribution in [0.4, 0.5) is 0 Å². The van der Waals surface area contributed by atoms with Crippen molar-refractivity contribution in [2.45, 2.75) is 58.0 Å². The molecule has 0 radical (unpaired) electrons. The molecule has 2 heterocycles. The molecule has 1 saturated heterocycles. The number of nitrogens with one attached hydrogen (secondary N) is 1. The second-order valence-corrected chi connectivity index (χ2v) is 10.5. The van der Waals surface area contributed by atoms with Gasteiger partial charge in [-0.1, -0.05) is 0 Å². The highest BCUT2D eigenvalue weighted by molar-refractivity contribution is 6.09. The van der Waals surface area contributed by atoms with Crippen LogP contribution in [0.25, 0.3) is 0 Å². The number of hydrogen-bond acceptors (Lipinski definition) is 5. The monoisotopic (exact) mass is 434 g/mol. The number of pyridine rings is 1. The Bertz CT molecular complexity index is 985. The Morgan fingerprint density at radius 2 is 2.00 bits per heavy atom. The van der Waals surface area contributed by atoms with Gasteiger partial charge in [0.2, 0.25) is 11.8 Å². The van der Waals surface area contributed by atoms with Crippen LogP contribution in [-0.4, -0.2) is 40.1 Å². The van der Waals surface area contributed by atoms with E-state index in [1.165, 1.54) is 0 Å². The van der Waals surface area contributed by atoms with E-state index in [9.17, 15) is 14.9 Å². The van der Waals surface area contributed by atoms with E-state index in [1.807, 2.05) is 30.1 Å². The van der Waals surface area contributed by atoms with Crippen molar-refractivity contribution in [3.05, 3.63) is 30.1 Å². The molecule has 0 spiro atoms. The summed E-state index contributed by atoms with van der Waals surface area (Å²) in [5.41, 5.74) is 5.63. The molecule has 1 aromatic heterocycles. The van der Waals surface area contributed by atoms with Crippen molar-refractivity contribution in [1.29, 1.82) is 5.26 Å². The third-order valence-electron chi connectivity index (χ3n) is 8.48. The van der Waals surface area contributed by atoms with Gasteiger partial charge in [-0.2, -0.15) is 5.26 Å². The molecule has 3 unspecified atom stereocenters. The lowest BCUT2D eigenvalue weighted by Gasteiger charge is -2.57. The Hall–Kier alpha value is -2.95. The maximum atomic E-state index is 13.5. The van der Waals surface area contributed by atoms with Gasteiger partial charge >= 0.3 is 0 Å². The van der Waals surface area contributed by atoms with Gasteiger partial charge in [-0.15, -0.1) is 0 Å². The molecule has 8 heteroatoms. The van der Waals surface area contributed by atoms with Gasteiger partial charge in [0, 0.05) is 30.9 Å². The maximum absolute atomic E-state index is 13.5. The maximum Gasteiger partial charge on any atom is 0.236 e. The zero-order valence-electron chi connectivity index (χ0n) is 18.5. The van der Waals surface area contributed by atoms with Crippen LogP contribution in [0, 0.1) is 40.0 Å². The highest BCUT2D eigenvalue weighted by Gasteiger charge is 2.58.